The number of fused-ring (bicyclic) bond motifs is 1. The first-order valence-electron chi connectivity index (χ1n) is 3.87. The van der Waals surface area contributed by atoms with Crippen LogP contribution in [0.15, 0.2) is 12.2 Å². The minimum absolute atomic E-state index is 0.0953. The average Bonchev–Trinajstić information content (AvgIpc) is 2.35. The second-order valence-corrected chi connectivity index (χ2v) is 3.31. The van der Waals surface area contributed by atoms with Crippen LogP contribution in [-0.2, 0) is 0 Å². The molecule has 0 spiro atoms. The van der Waals surface area contributed by atoms with Crippen molar-refractivity contribution in [2.24, 2.45) is 0 Å². The van der Waals surface area contributed by atoms with Gasteiger partial charge in [-0.15, -0.1) is 0 Å². The van der Waals surface area contributed by atoms with E-state index in [1.807, 2.05) is 0 Å². The molecule has 2 saturated heterocycles. The molecular formula is C8H13NO. The van der Waals surface area contributed by atoms with Crippen LogP contribution < -0.4 is 0 Å². The van der Waals surface area contributed by atoms with Gasteiger partial charge in [-0.25, -0.2) is 0 Å². The van der Waals surface area contributed by atoms with E-state index in [9.17, 15) is 5.11 Å². The maximum Gasteiger partial charge on any atom is 0.0685 e. The Bertz CT molecular complexity index is 167. The molecule has 0 bridgehead atoms. The third kappa shape index (κ3) is 0.796. The maximum absolute atomic E-state index is 9.27. The van der Waals surface area contributed by atoms with Crippen molar-refractivity contribution >= 4 is 0 Å². The summed E-state index contributed by atoms with van der Waals surface area (Å²) in [5.74, 6) is 0. The van der Waals surface area contributed by atoms with Gasteiger partial charge in [0.15, 0.2) is 0 Å². The lowest BCUT2D eigenvalue weighted by Gasteiger charge is -2.12. The van der Waals surface area contributed by atoms with Crippen molar-refractivity contribution in [3.63, 3.8) is 0 Å². The Balaban J connectivity index is 2.12. The van der Waals surface area contributed by atoms with E-state index in [0.29, 0.717) is 6.04 Å². The second-order valence-electron chi connectivity index (χ2n) is 3.31. The van der Waals surface area contributed by atoms with Crippen LogP contribution in [0, 0.1) is 0 Å². The van der Waals surface area contributed by atoms with Crippen molar-refractivity contribution < 1.29 is 5.11 Å². The molecule has 1 N–H and O–H groups in total. The van der Waals surface area contributed by atoms with Crippen LogP contribution in [0.5, 0.6) is 0 Å². The number of hydrogen-bond donors (Lipinski definition) is 1. The predicted octanol–water partition coefficient (Wildman–Crippen LogP) is 0.382. The topological polar surface area (TPSA) is 23.5 Å². The molecule has 0 amide bonds. The first-order valence-corrected chi connectivity index (χ1v) is 3.87. The van der Waals surface area contributed by atoms with Gasteiger partial charge in [-0.1, -0.05) is 12.2 Å². The molecule has 2 unspecified atom stereocenters. The van der Waals surface area contributed by atoms with Gasteiger partial charge in [-0.3, -0.25) is 4.90 Å². The zero-order valence-corrected chi connectivity index (χ0v) is 6.08. The molecule has 0 aliphatic carbocycles. The number of aliphatic hydroxyl groups is 1. The fraction of sp³-hybridized carbons (Fsp3) is 0.750. The summed E-state index contributed by atoms with van der Waals surface area (Å²) in [5, 5.41) is 9.27. The molecule has 0 aromatic carbocycles. The molecular weight excluding hydrogens is 126 g/mol. The molecule has 2 rings (SSSR count). The summed E-state index contributed by atoms with van der Waals surface area (Å²) >= 11 is 0. The van der Waals surface area contributed by atoms with Crippen molar-refractivity contribution in [2.75, 3.05) is 13.1 Å². The van der Waals surface area contributed by atoms with E-state index >= 15 is 0 Å². The molecule has 2 heterocycles. The zero-order valence-electron chi connectivity index (χ0n) is 6.08. The molecule has 0 aromatic rings. The fourth-order valence-electron chi connectivity index (χ4n) is 2.01. The lowest BCUT2D eigenvalue weighted by atomic mass is 10.1. The van der Waals surface area contributed by atoms with Crippen LogP contribution in [0.25, 0.3) is 0 Å². The summed E-state index contributed by atoms with van der Waals surface area (Å²) in [7, 11) is 0. The summed E-state index contributed by atoms with van der Waals surface area (Å²) in [6.07, 6.45) is 1.96. The molecule has 10 heavy (non-hydrogen) atoms. The summed E-state index contributed by atoms with van der Waals surface area (Å²) in [6.45, 7) is 5.95. The fourth-order valence-corrected chi connectivity index (χ4v) is 2.01. The molecule has 2 heteroatoms. The zero-order chi connectivity index (χ0) is 7.14. The normalized spacial score (nSPS) is 40.7. The van der Waals surface area contributed by atoms with Crippen LogP contribution in [-0.4, -0.2) is 35.2 Å². The van der Waals surface area contributed by atoms with Crippen molar-refractivity contribution in [3.05, 3.63) is 12.2 Å². The van der Waals surface area contributed by atoms with E-state index in [0.717, 1.165) is 25.9 Å². The number of hydrogen-bond acceptors (Lipinski definition) is 2. The largest absolute Gasteiger partial charge is 0.392 e. The first kappa shape index (κ1) is 6.38. The van der Waals surface area contributed by atoms with E-state index in [1.165, 1.54) is 5.57 Å². The van der Waals surface area contributed by atoms with Gasteiger partial charge in [0, 0.05) is 19.1 Å². The van der Waals surface area contributed by atoms with Gasteiger partial charge in [-0.05, 0) is 12.8 Å². The summed E-state index contributed by atoms with van der Waals surface area (Å²) in [6, 6.07) is 0.509. The standard InChI is InChI=1S/C8H13NO/c1-6-2-3-9-5-7(10)4-8(6)9/h7-8,10H,1-5H2. The number of aliphatic hydroxyl groups excluding tert-OH is 1. The minimum atomic E-state index is -0.0953. The SMILES string of the molecule is C=C1CCN2CC(O)CC12. The Morgan fingerprint density at radius 2 is 2.40 bits per heavy atom. The monoisotopic (exact) mass is 139 g/mol. The molecule has 2 atom stereocenters. The molecule has 56 valence electrons. The van der Waals surface area contributed by atoms with Crippen LogP contribution in [0.4, 0.5) is 0 Å². The van der Waals surface area contributed by atoms with E-state index < -0.39 is 0 Å². The Morgan fingerprint density at radius 3 is 3.10 bits per heavy atom. The van der Waals surface area contributed by atoms with Crippen molar-refractivity contribution in [1.29, 1.82) is 0 Å². The van der Waals surface area contributed by atoms with Crippen molar-refractivity contribution in [2.45, 2.75) is 25.0 Å². The Morgan fingerprint density at radius 1 is 1.60 bits per heavy atom. The Kier molecular flexibility index (Phi) is 1.32. The van der Waals surface area contributed by atoms with Gasteiger partial charge in [-0.2, -0.15) is 0 Å². The Hall–Kier alpha value is -0.340. The second kappa shape index (κ2) is 2.07. The third-order valence-corrected chi connectivity index (χ3v) is 2.57. The van der Waals surface area contributed by atoms with E-state index in [4.69, 9.17) is 0 Å². The number of rotatable bonds is 0. The van der Waals surface area contributed by atoms with Crippen LogP contribution in [0.3, 0.4) is 0 Å². The lowest BCUT2D eigenvalue weighted by Crippen LogP contribution is -2.23. The highest BCUT2D eigenvalue weighted by atomic mass is 16.3. The quantitative estimate of drug-likeness (QED) is 0.490. The molecule has 0 saturated carbocycles. The van der Waals surface area contributed by atoms with Gasteiger partial charge in [0.25, 0.3) is 0 Å². The lowest BCUT2D eigenvalue weighted by molar-refractivity contribution is 0.178. The minimum Gasteiger partial charge on any atom is -0.392 e. The smallest absolute Gasteiger partial charge is 0.0685 e. The van der Waals surface area contributed by atoms with Gasteiger partial charge < -0.3 is 5.11 Å². The third-order valence-electron chi connectivity index (χ3n) is 2.57. The van der Waals surface area contributed by atoms with E-state index in [-0.39, 0.29) is 6.10 Å². The van der Waals surface area contributed by atoms with Gasteiger partial charge in [0.2, 0.25) is 0 Å². The maximum atomic E-state index is 9.27. The van der Waals surface area contributed by atoms with Crippen LogP contribution in [0.2, 0.25) is 0 Å². The first-order chi connectivity index (χ1) is 4.77. The molecule has 0 radical (unpaired) electrons. The molecule has 2 aliphatic heterocycles. The molecule has 2 fully saturated rings. The highest BCUT2D eigenvalue weighted by Gasteiger charge is 2.36. The summed E-state index contributed by atoms with van der Waals surface area (Å²) in [4.78, 5) is 2.33. The predicted molar refractivity (Wildman–Crippen MR) is 39.7 cm³/mol. The van der Waals surface area contributed by atoms with E-state index in [1.54, 1.807) is 0 Å². The highest BCUT2D eigenvalue weighted by molar-refractivity contribution is 5.15. The Labute approximate surface area is 61.1 Å². The number of nitrogens with zero attached hydrogens (tertiary/aromatic N) is 1. The van der Waals surface area contributed by atoms with Gasteiger partial charge >= 0.3 is 0 Å². The summed E-state index contributed by atoms with van der Waals surface area (Å²) < 4.78 is 0. The van der Waals surface area contributed by atoms with Crippen LogP contribution in [0.1, 0.15) is 12.8 Å². The van der Waals surface area contributed by atoms with Gasteiger partial charge in [0.1, 0.15) is 0 Å². The molecule has 2 nitrogen and oxygen atoms in total. The average molecular weight is 139 g/mol. The molecule has 2 aliphatic rings. The van der Waals surface area contributed by atoms with Gasteiger partial charge in [0.05, 0.1) is 6.10 Å². The van der Waals surface area contributed by atoms with Crippen molar-refractivity contribution in [3.8, 4) is 0 Å². The summed E-state index contributed by atoms with van der Waals surface area (Å²) in [5.41, 5.74) is 1.32. The van der Waals surface area contributed by atoms with E-state index in [2.05, 4.69) is 11.5 Å². The highest BCUT2D eigenvalue weighted by Crippen LogP contribution is 2.30. The van der Waals surface area contributed by atoms with Crippen LogP contribution >= 0.6 is 0 Å². The van der Waals surface area contributed by atoms with Crippen molar-refractivity contribution in [1.82, 2.24) is 4.90 Å². The molecule has 0 aromatic heterocycles.